The zero-order valence-electron chi connectivity index (χ0n) is 44.2. The number of carbonyl (C=O) groups excluding carboxylic acids is 1. The molecule has 0 radical (unpaired) electrons. The molecule has 0 spiro atoms. The lowest BCUT2D eigenvalue weighted by Crippen LogP contribution is -2.45. The first-order chi connectivity index (χ1) is 31.5. The van der Waals surface area contributed by atoms with E-state index in [2.05, 4.69) is 19.2 Å². The molecule has 1 amide bonds. The number of amides is 1. The Balaban J connectivity index is 4.08. The number of phosphoric ester groups is 1. The van der Waals surface area contributed by atoms with Gasteiger partial charge < -0.3 is 28.8 Å². The molecule has 3 unspecified atom stereocenters. The molecule has 0 bridgehead atoms. The molecule has 0 aromatic heterocycles. The fraction of sp³-hybridized carbons (Fsp3) is 0.946. The maximum atomic E-state index is 12.9. The summed E-state index contributed by atoms with van der Waals surface area (Å²) in [5, 5.41) is 13.9. The number of nitrogens with one attached hydrogen (secondary N) is 1. The Bertz CT molecular complexity index is 1070. The van der Waals surface area contributed by atoms with Gasteiger partial charge in [-0.1, -0.05) is 276 Å². The fourth-order valence-electron chi connectivity index (χ4n) is 8.74. The van der Waals surface area contributed by atoms with Gasteiger partial charge in [-0.15, -0.1) is 0 Å². The van der Waals surface area contributed by atoms with Gasteiger partial charge in [-0.25, -0.2) is 0 Å². The van der Waals surface area contributed by atoms with E-state index in [0.717, 1.165) is 38.5 Å². The number of unbranched alkanes of at least 4 members (excludes halogenated alkanes) is 40. The molecule has 8 nitrogen and oxygen atoms in total. The molecule has 0 aliphatic heterocycles. The summed E-state index contributed by atoms with van der Waals surface area (Å²) >= 11 is 0. The van der Waals surface area contributed by atoms with Gasteiger partial charge in [-0.05, 0) is 19.3 Å². The van der Waals surface area contributed by atoms with Gasteiger partial charge in [-0.2, -0.15) is 0 Å². The maximum Gasteiger partial charge on any atom is 0.268 e. The maximum absolute atomic E-state index is 12.9. The predicted molar refractivity (Wildman–Crippen MR) is 279 cm³/mol. The first kappa shape index (κ1) is 64.2. The standard InChI is InChI=1S/C56H113N2O6P/c1-6-8-10-12-14-16-18-20-22-23-24-25-26-27-28-29-30-31-32-33-34-36-38-40-42-44-46-48-50-56(60)57-54(53-64-65(61,62)63-52-51-58(3,4)5)55(59)49-47-45-43-41-39-37-35-21-19-17-15-13-11-9-7-2/h47,49,54-55,59H,6-46,48,50-53H2,1-5H3,(H-,57,60,61,62)/b49-47+. The van der Waals surface area contributed by atoms with Crippen molar-refractivity contribution in [1.29, 1.82) is 0 Å². The molecule has 0 heterocycles. The van der Waals surface area contributed by atoms with Crippen molar-refractivity contribution in [3.63, 3.8) is 0 Å². The summed E-state index contributed by atoms with van der Waals surface area (Å²) in [5.41, 5.74) is 0. The van der Waals surface area contributed by atoms with Gasteiger partial charge in [0.25, 0.3) is 7.82 Å². The Hall–Kier alpha value is -0.760. The van der Waals surface area contributed by atoms with Crippen LogP contribution in [-0.2, 0) is 18.4 Å². The van der Waals surface area contributed by atoms with Crippen LogP contribution in [0.4, 0.5) is 0 Å². The number of aliphatic hydroxyl groups is 1. The van der Waals surface area contributed by atoms with Crippen molar-refractivity contribution in [3.05, 3.63) is 12.2 Å². The van der Waals surface area contributed by atoms with E-state index in [4.69, 9.17) is 9.05 Å². The van der Waals surface area contributed by atoms with Crippen LogP contribution in [0.1, 0.15) is 290 Å². The van der Waals surface area contributed by atoms with Gasteiger partial charge in [0.05, 0.1) is 39.9 Å². The Kier molecular flexibility index (Phi) is 47.7. The SMILES string of the molecule is CCCCCCCCCCCCCCC/C=C/C(O)C(COP(=O)([O-])OCC[N+](C)(C)C)NC(=O)CCCCCCCCCCCCCCCCCCCCCCCCCCCCCC. The van der Waals surface area contributed by atoms with Crippen molar-refractivity contribution < 1.29 is 32.9 Å². The van der Waals surface area contributed by atoms with Crippen LogP contribution in [0.3, 0.4) is 0 Å². The lowest BCUT2D eigenvalue weighted by Gasteiger charge is -2.29. The van der Waals surface area contributed by atoms with Crippen LogP contribution in [0.2, 0.25) is 0 Å². The summed E-state index contributed by atoms with van der Waals surface area (Å²) in [6.45, 7) is 4.69. The molecule has 9 heteroatoms. The normalized spacial score (nSPS) is 14.0. The van der Waals surface area contributed by atoms with Gasteiger partial charge >= 0.3 is 0 Å². The van der Waals surface area contributed by atoms with E-state index in [1.54, 1.807) is 6.08 Å². The highest BCUT2D eigenvalue weighted by molar-refractivity contribution is 7.45. The average Bonchev–Trinajstić information content (AvgIpc) is 3.26. The van der Waals surface area contributed by atoms with Crippen LogP contribution >= 0.6 is 7.82 Å². The quantitative estimate of drug-likeness (QED) is 0.0272. The second-order valence-corrected chi connectivity index (χ2v) is 22.4. The van der Waals surface area contributed by atoms with E-state index >= 15 is 0 Å². The number of phosphoric acid groups is 1. The van der Waals surface area contributed by atoms with E-state index in [1.807, 2.05) is 27.2 Å². The van der Waals surface area contributed by atoms with Crippen LogP contribution in [0.5, 0.6) is 0 Å². The minimum absolute atomic E-state index is 0.00252. The summed E-state index contributed by atoms with van der Waals surface area (Å²) in [6.07, 6.45) is 58.6. The second kappa shape index (κ2) is 48.3. The Morgan fingerprint density at radius 3 is 1.15 bits per heavy atom. The third kappa shape index (κ3) is 50.9. The molecule has 0 aliphatic carbocycles. The molecule has 2 N–H and O–H groups in total. The predicted octanol–water partition coefficient (Wildman–Crippen LogP) is 16.4. The molecule has 388 valence electrons. The van der Waals surface area contributed by atoms with Crippen molar-refractivity contribution in [2.24, 2.45) is 0 Å². The number of carbonyl (C=O) groups is 1. The van der Waals surface area contributed by atoms with Crippen molar-refractivity contribution >= 4 is 13.7 Å². The third-order valence-electron chi connectivity index (χ3n) is 13.2. The molecule has 0 saturated heterocycles. The molecule has 0 aliphatic rings. The minimum Gasteiger partial charge on any atom is -0.756 e. The van der Waals surface area contributed by atoms with Crippen LogP contribution in [0.25, 0.3) is 0 Å². The number of nitrogens with zero attached hydrogens (tertiary/aromatic N) is 1. The Morgan fingerprint density at radius 2 is 0.831 bits per heavy atom. The molecular weight excluding hydrogens is 828 g/mol. The van der Waals surface area contributed by atoms with E-state index in [9.17, 15) is 19.4 Å². The molecule has 0 aromatic carbocycles. The van der Waals surface area contributed by atoms with Crippen molar-refractivity contribution in [1.82, 2.24) is 5.32 Å². The van der Waals surface area contributed by atoms with Crippen LogP contribution in [0.15, 0.2) is 12.2 Å². The van der Waals surface area contributed by atoms with Crippen LogP contribution in [-0.4, -0.2) is 68.5 Å². The smallest absolute Gasteiger partial charge is 0.268 e. The van der Waals surface area contributed by atoms with E-state index < -0.39 is 20.0 Å². The summed E-state index contributed by atoms with van der Waals surface area (Å²) in [5.74, 6) is -0.191. The highest BCUT2D eigenvalue weighted by Gasteiger charge is 2.23. The van der Waals surface area contributed by atoms with Gasteiger partial charge in [0.1, 0.15) is 13.2 Å². The van der Waals surface area contributed by atoms with Gasteiger partial charge in [0, 0.05) is 6.42 Å². The average molecular weight is 942 g/mol. The summed E-state index contributed by atoms with van der Waals surface area (Å²) in [6, 6.07) is -0.881. The monoisotopic (exact) mass is 941 g/mol. The first-order valence-corrected chi connectivity index (χ1v) is 30.0. The van der Waals surface area contributed by atoms with Gasteiger partial charge in [-0.3, -0.25) is 9.36 Å². The number of allylic oxidation sites excluding steroid dienone is 1. The Morgan fingerprint density at radius 1 is 0.523 bits per heavy atom. The number of hydrogen-bond acceptors (Lipinski definition) is 6. The molecule has 0 rings (SSSR count). The van der Waals surface area contributed by atoms with Crippen LogP contribution < -0.4 is 10.2 Å². The molecule has 3 atom stereocenters. The van der Waals surface area contributed by atoms with Crippen molar-refractivity contribution in [3.8, 4) is 0 Å². The molecule has 65 heavy (non-hydrogen) atoms. The molecule has 0 fully saturated rings. The zero-order chi connectivity index (χ0) is 47.8. The fourth-order valence-corrected chi connectivity index (χ4v) is 9.47. The second-order valence-electron chi connectivity index (χ2n) is 21.0. The summed E-state index contributed by atoms with van der Waals surface area (Å²) < 4.78 is 23.3. The van der Waals surface area contributed by atoms with Crippen molar-refractivity contribution in [2.75, 3.05) is 40.9 Å². The number of likely N-dealkylation sites (N-methyl/N-ethyl adjacent to an activating group) is 1. The van der Waals surface area contributed by atoms with Gasteiger partial charge in [0.15, 0.2) is 0 Å². The first-order valence-electron chi connectivity index (χ1n) is 28.6. The Labute approximate surface area is 405 Å². The topological polar surface area (TPSA) is 108 Å². The van der Waals surface area contributed by atoms with Gasteiger partial charge in [0.2, 0.25) is 5.91 Å². The summed E-state index contributed by atoms with van der Waals surface area (Å²) in [4.78, 5) is 25.5. The summed E-state index contributed by atoms with van der Waals surface area (Å²) in [7, 11) is 1.28. The van der Waals surface area contributed by atoms with Crippen LogP contribution in [0, 0.1) is 0 Å². The van der Waals surface area contributed by atoms with Crippen molar-refractivity contribution in [2.45, 2.75) is 302 Å². The number of hydrogen-bond donors (Lipinski definition) is 2. The lowest BCUT2D eigenvalue weighted by molar-refractivity contribution is -0.870. The largest absolute Gasteiger partial charge is 0.756 e. The number of quaternary nitrogens is 1. The highest BCUT2D eigenvalue weighted by atomic mass is 31.2. The third-order valence-corrected chi connectivity index (χ3v) is 14.2. The minimum atomic E-state index is -4.59. The van der Waals surface area contributed by atoms with E-state index in [-0.39, 0.29) is 19.1 Å². The van der Waals surface area contributed by atoms with E-state index in [1.165, 1.54) is 231 Å². The van der Waals surface area contributed by atoms with E-state index in [0.29, 0.717) is 17.4 Å². The molecule has 0 saturated carbocycles. The zero-order valence-corrected chi connectivity index (χ0v) is 45.1. The molecular formula is C56H113N2O6P. The highest BCUT2D eigenvalue weighted by Crippen LogP contribution is 2.38. The number of rotatable bonds is 53. The lowest BCUT2D eigenvalue weighted by atomic mass is 10.0. The molecule has 0 aromatic rings. The number of aliphatic hydroxyl groups excluding tert-OH is 1.